The van der Waals surface area contributed by atoms with Crippen molar-refractivity contribution in [3.8, 4) is 11.5 Å². The number of nitrogen functional groups attached to an aromatic ring is 1. The van der Waals surface area contributed by atoms with E-state index in [9.17, 15) is 15.0 Å². The number of carbonyl (C=O) groups excluding carboxylic acids is 1. The van der Waals surface area contributed by atoms with Crippen molar-refractivity contribution in [2.75, 3.05) is 11.1 Å². The third-order valence-corrected chi connectivity index (χ3v) is 2.79. The van der Waals surface area contributed by atoms with E-state index in [0.29, 0.717) is 11.4 Å². The summed E-state index contributed by atoms with van der Waals surface area (Å²) in [5.41, 5.74) is 7.75. The molecular formula is C14H14N2O3. The second-order valence-corrected chi connectivity index (χ2v) is 4.20. The Morgan fingerprint density at radius 3 is 2.63 bits per heavy atom. The fourth-order valence-electron chi connectivity index (χ4n) is 1.67. The first kappa shape index (κ1) is 12.8. The lowest BCUT2D eigenvalue weighted by Gasteiger charge is -2.09. The maximum absolute atomic E-state index is 12.0. The summed E-state index contributed by atoms with van der Waals surface area (Å²) in [6.45, 7) is 1.83. The number of nitrogens with one attached hydrogen (secondary N) is 1. The number of para-hydroxylation sites is 1. The van der Waals surface area contributed by atoms with Crippen molar-refractivity contribution in [2.45, 2.75) is 6.92 Å². The molecule has 0 aliphatic rings. The van der Waals surface area contributed by atoms with Gasteiger partial charge in [0.15, 0.2) is 11.5 Å². The van der Waals surface area contributed by atoms with Crippen LogP contribution < -0.4 is 11.1 Å². The number of amides is 1. The summed E-state index contributed by atoms with van der Waals surface area (Å²) in [5, 5.41) is 21.6. The Balaban J connectivity index is 2.26. The maximum atomic E-state index is 12.0. The van der Waals surface area contributed by atoms with E-state index in [0.717, 1.165) is 5.56 Å². The number of aromatic hydroxyl groups is 2. The minimum absolute atomic E-state index is 0.00878. The number of rotatable bonds is 2. The van der Waals surface area contributed by atoms with E-state index < -0.39 is 11.7 Å². The SMILES string of the molecule is Cc1cc(NC(=O)c2cccc(O)c2O)ccc1N. The topological polar surface area (TPSA) is 95.6 Å². The third-order valence-electron chi connectivity index (χ3n) is 2.79. The summed E-state index contributed by atoms with van der Waals surface area (Å²) >= 11 is 0. The Hall–Kier alpha value is -2.69. The molecule has 0 spiro atoms. The molecule has 0 radical (unpaired) electrons. The van der Waals surface area contributed by atoms with Gasteiger partial charge in [0, 0.05) is 11.4 Å². The van der Waals surface area contributed by atoms with E-state index in [4.69, 9.17) is 5.73 Å². The van der Waals surface area contributed by atoms with Crippen molar-refractivity contribution >= 4 is 17.3 Å². The van der Waals surface area contributed by atoms with Gasteiger partial charge >= 0.3 is 0 Å². The van der Waals surface area contributed by atoms with Gasteiger partial charge in [-0.05, 0) is 42.8 Å². The minimum Gasteiger partial charge on any atom is -0.504 e. The highest BCUT2D eigenvalue weighted by Crippen LogP contribution is 2.29. The summed E-state index contributed by atoms with van der Waals surface area (Å²) in [6.07, 6.45) is 0. The van der Waals surface area contributed by atoms with Crippen LogP contribution in [0.2, 0.25) is 0 Å². The number of nitrogens with two attached hydrogens (primary N) is 1. The lowest BCUT2D eigenvalue weighted by Crippen LogP contribution is -2.12. The van der Waals surface area contributed by atoms with Crippen LogP contribution in [-0.4, -0.2) is 16.1 Å². The smallest absolute Gasteiger partial charge is 0.259 e. The molecule has 0 saturated heterocycles. The maximum Gasteiger partial charge on any atom is 0.259 e. The van der Waals surface area contributed by atoms with Crippen molar-refractivity contribution in [1.82, 2.24) is 0 Å². The van der Waals surface area contributed by atoms with Crippen LogP contribution in [0.5, 0.6) is 11.5 Å². The molecule has 2 rings (SSSR count). The third kappa shape index (κ3) is 2.60. The van der Waals surface area contributed by atoms with E-state index >= 15 is 0 Å². The van der Waals surface area contributed by atoms with Crippen LogP contribution in [0.4, 0.5) is 11.4 Å². The number of aryl methyl sites for hydroxylation is 1. The molecular weight excluding hydrogens is 244 g/mol. The first-order valence-electron chi connectivity index (χ1n) is 5.67. The van der Waals surface area contributed by atoms with Crippen LogP contribution in [0.3, 0.4) is 0 Å². The van der Waals surface area contributed by atoms with Gasteiger partial charge in [0.25, 0.3) is 5.91 Å². The molecule has 0 aromatic heterocycles. The van der Waals surface area contributed by atoms with E-state index in [2.05, 4.69) is 5.32 Å². The zero-order valence-corrected chi connectivity index (χ0v) is 10.3. The molecule has 2 aromatic carbocycles. The largest absolute Gasteiger partial charge is 0.504 e. The van der Waals surface area contributed by atoms with Gasteiger partial charge in [-0.3, -0.25) is 4.79 Å². The number of anilines is 2. The number of benzene rings is 2. The van der Waals surface area contributed by atoms with Crippen LogP contribution in [0.25, 0.3) is 0 Å². The van der Waals surface area contributed by atoms with Crippen LogP contribution >= 0.6 is 0 Å². The number of phenolic OH excluding ortho intramolecular Hbond substituents is 2. The van der Waals surface area contributed by atoms with Gasteiger partial charge in [-0.15, -0.1) is 0 Å². The Morgan fingerprint density at radius 2 is 1.95 bits per heavy atom. The van der Waals surface area contributed by atoms with Gasteiger partial charge in [0.05, 0.1) is 5.56 Å². The van der Waals surface area contributed by atoms with Crippen molar-refractivity contribution in [3.63, 3.8) is 0 Å². The predicted octanol–water partition coefficient (Wildman–Crippen LogP) is 2.24. The summed E-state index contributed by atoms with van der Waals surface area (Å²) in [7, 11) is 0. The summed E-state index contributed by atoms with van der Waals surface area (Å²) in [4.78, 5) is 12.0. The summed E-state index contributed by atoms with van der Waals surface area (Å²) in [6, 6.07) is 9.30. The molecule has 19 heavy (non-hydrogen) atoms. The zero-order chi connectivity index (χ0) is 14.0. The van der Waals surface area contributed by atoms with Crippen molar-refractivity contribution in [2.24, 2.45) is 0 Å². The molecule has 2 aromatic rings. The summed E-state index contributed by atoms with van der Waals surface area (Å²) in [5.74, 6) is -1.27. The van der Waals surface area contributed by atoms with Gasteiger partial charge in [0.1, 0.15) is 0 Å². The van der Waals surface area contributed by atoms with Gasteiger partial charge in [-0.2, -0.15) is 0 Å². The highest BCUT2D eigenvalue weighted by Gasteiger charge is 2.14. The lowest BCUT2D eigenvalue weighted by atomic mass is 10.1. The van der Waals surface area contributed by atoms with E-state index in [1.807, 2.05) is 6.92 Å². The monoisotopic (exact) mass is 258 g/mol. The molecule has 0 saturated carbocycles. The van der Waals surface area contributed by atoms with Gasteiger partial charge in [-0.25, -0.2) is 0 Å². The average molecular weight is 258 g/mol. The van der Waals surface area contributed by atoms with E-state index in [1.54, 1.807) is 18.2 Å². The Morgan fingerprint density at radius 1 is 1.21 bits per heavy atom. The molecule has 0 unspecified atom stereocenters. The standard InChI is InChI=1S/C14H14N2O3/c1-8-7-9(5-6-11(8)15)16-14(19)10-3-2-4-12(17)13(10)18/h2-7,17-18H,15H2,1H3,(H,16,19). The van der Waals surface area contributed by atoms with Crippen molar-refractivity contribution in [1.29, 1.82) is 0 Å². The van der Waals surface area contributed by atoms with Gasteiger partial charge in [-0.1, -0.05) is 6.07 Å². The predicted molar refractivity (Wildman–Crippen MR) is 73.3 cm³/mol. The number of hydrogen-bond donors (Lipinski definition) is 4. The molecule has 1 amide bonds. The van der Waals surface area contributed by atoms with Crippen molar-refractivity contribution < 1.29 is 15.0 Å². The molecule has 0 heterocycles. The fraction of sp³-hybridized carbons (Fsp3) is 0.0714. The van der Waals surface area contributed by atoms with Crippen LogP contribution in [0.1, 0.15) is 15.9 Å². The molecule has 0 aliphatic heterocycles. The van der Waals surface area contributed by atoms with Crippen LogP contribution in [0, 0.1) is 6.92 Å². The second-order valence-electron chi connectivity index (χ2n) is 4.20. The highest BCUT2D eigenvalue weighted by molar-refractivity contribution is 6.06. The minimum atomic E-state index is -0.502. The Bertz CT molecular complexity index is 639. The Kier molecular flexibility index (Phi) is 3.29. The molecule has 5 N–H and O–H groups in total. The molecule has 98 valence electrons. The average Bonchev–Trinajstić information content (AvgIpc) is 2.37. The van der Waals surface area contributed by atoms with Gasteiger partial charge in [0.2, 0.25) is 0 Å². The van der Waals surface area contributed by atoms with Crippen LogP contribution in [-0.2, 0) is 0 Å². The number of phenols is 2. The Labute approximate surface area is 110 Å². The molecule has 5 nitrogen and oxygen atoms in total. The van der Waals surface area contributed by atoms with E-state index in [-0.39, 0.29) is 11.3 Å². The lowest BCUT2D eigenvalue weighted by molar-refractivity contribution is 0.102. The molecule has 0 fully saturated rings. The molecule has 0 atom stereocenters. The number of hydrogen-bond acceptors (Lipinski definition) is 4. The second kappa shape index (κ2) is 4.89. The molecule has 0 aliphatic carbocycles. The first-order chi connectivity index (χ1) is 8.99. The normalized spacial score (nSPS) is 10.2. The van der Waals surface area contributed by atoms with Gasteiger partial charge < -0.3 is 21.3 Å². The quantitative estimate of drug-likeness (QED) is 0.490. The van der Waals surface area contributed by atoms with E-state index in [1.165, 1.54) is 18.2 Å². The summed E-state index contributed by atoms with van der Waals surface area (Å²) < 4.78 is 0. The van der Waals surface area contributed by atoms with Crippen molar-refractivity contribution in [3.05, 3.63) is 47.5 Å². The highest BCUT2D eigenvalue weighted by atomic mass is 16.3. The fourth-order valence-corrected chi connectivity index (χ4v) is 1.67. The zero-order valence-electron chi connectivity index (χ0n) is 10.3. The molecule has 5 heteroatoms. The number of carbonyl (C=O) groups is 1. The molecule has 0 bridgehead atoms. The first-order valence-corrected chi connectivity index (χ1v) is 5.67. The van der Waals surface area contributed by atoms with Crippen LogP contribution in [0.15, 0.2) is 36.4 Å².